The zero-order valence-electron chi connectivity index (χ0n) is 12.9. The Balaban J connectivity index is 1.47. The van der Waals surface area contributed by atoms with E-state index in [1.807, 2.05) is 30.3 Å². The fourth-order valence-electron chi connectivity index (χ4n) is 2.42. The van der Waals surface area contributed by atoms with Crippen molar-refractivity contribution in [3.05, 3.63) is 30.3 Å². The van der Waals surface area contributed by atoms with E-state index in [1.54, 1.807) is 0 Å². The molecule has 0 aliphatic carbocycles. The molecular weight excluding hydrogens is 282 g/mol. The van der Waals surface area contributed by atoms with Crippen LogP contribution in [-0.4, -0.2) is 74.8 Å². The minimum atomic E-state index is -0.254. The molecule has 0 spiro atoms. The number of piperazine rings is 1. The minimum Gasteiger partial charge on any atom is -0.491 e. The highest BCUT2D eigenvalue weighted by molar-refractivity contribution is 5.75. The van der Waals surface area contributed by atoms with Gasteiger partial charge in [0.05, 0.1) is 19.8 Å². The first kappa shape index (κ1) is 16.7. The third-order valence-corrected chi connectivity index (χ3v) is 3.64. The number of primary amides is 1. The van der Waals surface area contributed by atoms with Gasteiger partial charge in [-0.1, -0.05) is 18.2 Å². The number of carbonyl (C=O) groups is 1. The SMILES string of the molecule is NC(=O)CN1CCN(CCOCCOc2ccccc2)CC1. The largest absolute Gasteiger partial charge is 0.491 e. The maximum absolute atomic E-state index is 10.9. The van der Waals surface area contributed by atoms with Crippen molar-refractivity contribution in [3.63, 3.8) is 0 Å². The van der Waals surface area contributed by atoms with Crippen molar-refractivity contribution in [2.75, 3.05) is 59.1 Å². The molecule has 1 heterocycles. The Labute approximate surface area is 131 Å². The summed E-state index contributed by atoms with van der Waals surface area (Å²) in [6, 6.07) is 9.74. The molecule has 0 aromatic heterocycles. The molecule has 1 aromatic carbocycles. The fourth-order valence-corrected chi connectivity index (χ4v) is 2.42. The number of nitrogens with zero attached hydrogens (tertiary/aromatic N) is 2. The van der Waals surface area contributed by atoms with Crippen LogP contribution in [0.1, 0.15) is 0 Å². The number of carbonyl (C=O) groups excluding carboxylic acids is 1. The first-order valence-corrected chi connectivity index (χ1v) is 7.72. The number of hydrogen-bond acceptors (Lipinski definition) is 5. The normalized spacial score (nSPS) is 16.5. The third-order valence-electron chi connectivity index (χ3n) is 3.64. The smallest absolute Gasteiger partial charge is 0.231 e. The number of ether oxygens (including phenoxy) is 2. The van der Waals surface area contributed by atoms with E-state index in [1.165, 1.54) is 0 Å². The Morgan fingerprint density at radius 3 is 2.36 bits per heavy atom. The van der Waals surface area contributed by atoms with Crippen LogP contribution in [0, 0.1) is 0 Å². The zero-order chi connectivity index (χ0) is 15.6. The van der Waals surface area contributed by atoms with Crippen LogP contribution in [0.2, 0.25) is 0 Å². The quantitative estimate of drug-likeness (QED) is 0.660. The van der Waals surface area contributed by atoms with Crippen LogP contribution < -0.4 is 10.5 Å². The van der Waals surface area contributed by atoms with Gasteiger partial charge in [0.1, 0.15) is 12.4 Å². The predicted octanol–water partition coefficient (Wildman–Crippen LogP) is 0.185. The minimum absolute atomic E-state index is 0.254. The molecule has 1 aliphatic rings. The molecule has 1 saturated heterocycles. The number of amides is 1. The summed E-state index contributed by atoms with van der Waals surface area (Å²) in [7, 11) is 0. The van der Waals surface area contributed by atoms with Crippen molar-refractivity contribution in [1.82, 2.24) is 9.80 Å². The summed E-state index contributed by atoms with van der Waals surface area (Å²) < 4.78 is 11.2. The van der Waals surface area contributed by atoms with Gasteiger partial charge in [0.2, 0.25) is 5.91 Å². The van der Waals surface area contributed by atoms with Crippen LogP contribution >= 0.6 is 0 Å². The number of benzene rings is 1. The zero-order valence-corrected chi connectivity index (χ0v) is 12.9. The van der Waals surface area contributed by atoms with Crippen LogP contribution in [0.5, 0.6) is 5.75 Å². The summed E-state index contributed by atoms with van der Waals surface area (Å²) in [6.45, 7) is 6.83. The second-order valence-corrected chi connectivity index (χ2v) is 5.36. The number of hydrogen-bond donors (Lipinski definition) is 1. The Hall–Kier alpha value is -1.63. The number of rotatable bonds is 9. The molecule has 0 atom stereocenters. The van der Waals surface area contributed by atoms with Crippen molar-refractivity contribution < 1.29 is 14.3 Å². The molecule has 1 aromatic rings. The van der Waals surface area contributed by atoms with Gasteiger partial charge in [0.25, 0.3) is 0 Å². The average molecular weight is 307 g/mol. The molecule has 122 valence electrons. The maximum atomic E-state index is 10.9. The van der Waals surface area contributed by atoms with E-state index in [2.05, 4.69) is 9.80 Å². The van der Waals surface area contributed by atoms with Gasteiger partial charge in [0.15, 0.2) is 0 Å². The summed E-state index contributed by atoms with van der Waals surface area (Å²) in [4.78, 5) is 15.3. The number of para-hydroxylation sites is 1. The second kappa shape index (κ2) is 9.40. The van der Waals surface area contributed by atoms with E-state index in [9.17, 15) is 4.79 Å². The monoisotopic (exact) mass is 307 g/mol. The lowest BCUT2D eigenvalue weighted by atomic mass is 10.3. The first-order chi connectivity index (χ1) is 10.7. The summed E-state index contributed by atoms with van der Waals surface area (Å²) in [6.07, 6.45) is 0. The molecule has 0 unspecified atom stereocenters. The van der Waals surface area contributed by atoms with Crippen LogP contribution in [0.15, 0.2) is 30.3 Å². The predicted molar refractivity (Wildman–Crippen MR) is 84.8 cm³/mol. The summed E-state index contributed by atoms with van der Waals surface area (Å²) >= 11 is 0. The lowest BCUT2D eigenvalue weighted by Gasteiger charge is -2.33. The highest BCUT2D eigenvalue weighted by Crippen LogP contribution is 2.07. The van der Waals surface area contributed by atoms with Crippen LogP contribution in [0.3, 0.4) is 0 Å². The van der Waals surface area contributed by atoms with Gasteiger partial charge in [-0.3, -0.25) is 14.6 Å². The van der Waals surface area contributed by atoms with E-state index >= 15 is 0 Å². The van der Waals surface area contributed by atoms with Crippen LogP contribution in [0.4, 0.5) is 0 Å². The van der Waals surface area contributed by atoms with E-state index < -0.39 is 0 Å². The van der Waals surface area contributed by atoms with Gasteiger partial charge < -0.3 is 15.2 Å². The molecule has 1 fully saturated rings. The molecule has 1 amide bonds. The van der Waals surface area contributed by atoms with Crippen molar-refractivity contribution in [3.8, 4) is 5.75 Å². The molecule has 1 aliphatic heterocycles. The highest BCUT2D eigenvalue weighted by atomic mass is 16.5. The van der Waals surface area contributed by atoms with Crippen molar-refractivity contribution >= 4 is 5.91 Å². The molecule has 2 N–H and O–H groups in total. The average Bonchev–Trinajstić information content (AvgIpc) is 2.53. The van der Waals surface area contributed by atoms with E-state index in [-0.39, 0.29) is 5.91 Å². The van der Waals surface area contributed by atoms with Gasteiger partial charge in [-0.05, 0) is 12.1 Å². The Morgan fingerprint density at radius 1 is 1.00 bits per heavy atom. The van der Waals surface area contributed by atoms with Gasteiger partial charge in [-0.15, -0.1) is 0 Å². The Morgan fingerprint density at radius 2 is 1.68 bits per heavy atom. The Kier molecular flexibility index (Phi) is 7.15. The van der Waals surface area contributed by atoms with Gasteiger partial charge in [-0.2, -0.15) is 0 Å². The molecule has 6 heteroatoms. The van der Waals surface area contributed by atoms with Gasteiger partial charge >= 0.3 is 0 Å². The highest BCUT2D eigenvalue weighted by Gasteiger charge is 2.17. The Bertz CT molecular complexity index is 434. The molecule has 0 radical (unpaired) electrons. The molecule has 22 heavy (non-hydrogen) atoms. The van der Waals surface area contributed by atoms with Crippen LogP contribution in [-0.2, 0) is 9.53 Å². The number of nitrogens with two attached hydrogens (primary N) is 1. The second-order valence-electron chi connectivity index (χ2n) is 5.36. The van der Waals surface area contributed by atoms with Gasteiger partial charge in [0, 0.05) is 32.7 Å². The van der Waals surface area contributed by atoms with E-state index in [0.29, 0.717) is 26.4 Å². The van der Waals surface area contributed by atoms with E-state index in [4.69, 9.17) is 15.2 Å². The molecule has 0 saturated carbocycles. The molecular formula is C16H25N3O3. The third kappa shape index (κ3) is 6.43. The van der Waals surface area contributed by atoms with Crippen molar-refractivity contribution in [2.45, 2.75) is 0 Å². The van der Waals surface area contributed by atoms with Crippen molar-refractivity contribution in [2.24, 2.45) is 5.73 Å². The summed E-state index contributed by atoms with van der Waals surface area (Å²) in [5, 5.41) is 0. The first-order valence-electron chi connectivity index (χ1n) is 7.72. The van der Waals surface area contributed by atoms with Crippen LogP contribution in [0.25, 0.3) is 0 Å². The molecule has 6 nitrogen and oxygen atoms in total. The lowest BCUT2D eigenvalue weighted by Crippen LogP contribution is -2.49. The van der Waals surface area contributed by atoms with E-state index in [0.717, 1.165) is 38.5 Å². The summed E-state index contributed by atoms with van der Waals surface area (Å²) in [5.74, 6) is 0.617. The standard InChI is InChI=1S/C16H25N3O3/c17-16(20)14-19-8-6-18(7-9-19)10-11-21-12-13-22-15-4-2-1-3-5-15/h1-5H,6-14H2,(H2,17,20). The van der Waals surface area contributed by atoms with Gasteiger partial charge in [-0.25, -0.2) is 0 Å². The molecule has 2 rings (SSSR count). The maximum Gasteiger partial charge on any atom is 0.231 e. The molecule has 0 bridgehead atoms. The summed E-state index contributed by atoms with van der Waals surface area (Å²) in [5.41, 5.74) is 5.20. The fraction of sp³-hybridized carbons (Fsp3) is 0.562. The van der Waals surface area contributed by atoms with Crippen molar-refractivity contribution in [1.29, 1.82) is 0 Å². The topological polar surface area (TPSA) is 68.0 Å². The lowest BCUT2D eigenvalue weighted by molar-refractivity contribution is -0.119.